The van der Waals surface area contributed by atoms with Gasteiger partial charge in [-0.2, -0.15) is 0 Å². The van der Waals surface area contributed by atoms with Crippen LogP contribution in [0.3, 0.4) is 0 Å². The molecular formula is C4H3ClN2Ru. The Morgan fingerprint density at radius 3 is 2.75 bits per heavy atom. The van der Waals surface area contributed by atoms with Gasteiger partial charge in [0.1, 0.15) is 0 Å². The molecule has 0 aliphatic rings. The zero-order valence-electron chi connectivity index (χ0n) is 3.86. The van der Waals surface area contributed by atoms with Crippen molar-refractivity contribution in [1.29, 1.82) is 0 Å². The summed E-state index contributed by atoms with van der Waals surface area (Å²) in [5, 5.41) is 0. The Hall–Kier alpha value is -0.00662. The van der Waals surface area contributed by atoms with Gasteiger partial charge in [-0.05, 0) is 0 Å². The van der Waals surface area contributed by atoms with Crippen LogP contribution in [0.5, 0.6) is 0 Å². The van der Waals surface area contributed by atoms with Gasteiger partial charge in [-0.25, -0.2) is 0 Å². The second-order valence-corrected chi connectivity index (χ2v) is 3.09. The van der Waals surface area contributed by atoms with E-state index in [0.29, 0.717) is 0 Å². The molecule has 0 aliphatic heterocycles. The fourth-order valence-corrected chi connectivity index (χ4v) is 1.15. The Balaban J connectivity index is 2.83. The number of halogens is 1. The molecule has 0 spiro atoms. The minimum atomic E-state index is -0.241. The van der Waals surface area contributed by atoms with Gasteiger partial charge < -0.3 is 0 Å². The topological polar surface area (TPSA) is 25.8 Å². The fourth-order valence-electron chi connectivity index (χ4n) is 0.312. The van der Waals surface area contributed by atoms with E-state index in [4.69, 9.17) is 9.69 Å². The summed E-state index contributed by atoms with van der Waals surface area (Å²) in [4.78, 5) is 7.77. The molecule has 0 atom stereocenters. The molecule has 0 radical (unpaired) electrons. The third-order valence-electron chi connectivity index (χ3n) is 0.594. The van der Waals surface area contributed by atoms with E-state index >= 15 is 0 Å². The van der Waals surface area contributed by atoms with E-state index in [2.05, 4.69) is 9.97 Å². The number of nitrogens with zero attached hydrogens (tertiary/aromatic N) is 2. The van der Waals surface area contributed by atoms with Crippen LogP contribution in [0.4, 0.5) is 0 Å². The van der Waals surface area contributed by atoms with Gasteiger partial charge in [0.05, 0.1) is 0 Å². The second-order valence-electron chi connectivity index (χ2n) is 1.08. The van der Waals surface area contributed by atoms with Crippen LogP contribution in [-0.2, 0) is 16.1 Å². The van der Waals surface area contributed by atoms with Gasteiger partial charge in [-0.1, -0.05) is 0 Å². The van der Waals surface area contributed by atoms with Crippen LogP contribution in [0.15, 0.2) is 18.6 Å². The van der Waals surface area contributed by atoms with Crippen LogP contribution in [0.25, 0.3) is 0 Å². The maximum absolute atomic E-state index is 5.51. The molecule has 0 saturated carbocycles. The summed E-state index contributed by atoms with van der Waals surface area (Å²) in [7, 11) is 5.51. The van der Waals surface area contributed by atoms with E-state index in [-0.39, 0.29) is 16.1 Å². The number of rotatable bonds is 1. The molecule has 0 aromatic carbocycles. The summed E-state index contributed by atoms with van der Waals surface area (Å²) in [6.07, 6.45) is 4.97. The second kappa shape index (κ2) is 3.11. The predicted molar refractivity (Wildman–Crippen MR) is 27.5 cm³/mol. The molecule has 2 nitrogen and oxygen atoms in total. The quantitative estimate of drug-likeness (QED) is 0.632. The van der Waals surface area contributed by atoms with Crippen molar-refractivity contribution in [2.24, 2.45) is 0 Å². The predicted octanol–water partition coefficient (Wildman–Crippen LogP) is 0.338. The third kappa shape index (κ3) is 1.50. The van der Waals surface area contributed by atoms with Gasteiger partial charge in [0, 0.05) is 0 Å². The normalized spacial score (nSPS) is 9.62. The summed E-state index contributed by atoms with van der Waals surface area (Å²) in [5.74, 6) is 0. The average molecular weight is 216 g/mol. The molecule has 1 heterocycles. The molecule has 44 valence electrons. The maximum atomic E-state index is 5.51. The molecule has 0 bridgehead atoms. The molecule has 1 aromatic rings. The molecule has 0 aliphatic carbocycles. The molecule has 1 rings (SSSR count). The first kappa shape index (κ1) is 6.12. The van der Waals surface area contributed by atoms with Crippen LogP contribution in [0.2, 0.25) is 0 Å². The van der Waals surface area contributed by atoms with Crippen LogP contribution >= 0.6 is 9.69 Å². The molecule has 0 amide bonds. The summed E-state index contributed by atoms with van der Waals surface area (Å²) in [6.45, 7) is 0. The van der Waals surface area contributed by atoms with Crippen molar-refractivity contribution in [2.75, 3.05) is 0 Å². The SMILES string of the molecule is [Cl][Ru][c]1cnccn1. The molecule has 1 aromatic heterocycles. The number of hydrogen-bond acceptors (Lipinski definition) is 2. The number of hydrogen-bond donors (Lipinski definition) is 0. The van der Waals surface area contributed by atoms with E-state index < -0.39 is 0 Å². The summed E-state index contributed by atoms with van der Waals surface area (Å²) in [5.41, 5.74) is 0. The Morgan fingerprint density at radius 1 is 1.50 bits per heavy atom. The van der Waals surface area contributed by atoms with Crippen molar-refractivity contribution < 1.29 is 16.1 Å². The Bertz CT molecular complexity index is 155. The van der Waals surface area contributed by atoms with Crippen LogP contribution in [-0.4, -0.2) is 9.97 Å². The van der Waals surface area contributed by atoms with E-state index in [1.54, 1.807) is 18.6 Å². The summed E-state index contributed by atoms with van der Waals surface area (Å²) in [6, 6.07) is 0. The van der Waals surface area contributed by atoms with E-state index in [1.807, 2.05) is 0 Å². The monoisotopic (exact) mass is 216 g/mol. The molecule has 0 saturated heterocycles. The van der Waals surface area contributed by atoms with E-state index in [9.17, 15) is 0 Å². The van der Waals surface area contributed by atoms with Crippen molar-refractivity contribution in [3.63, 3.8) is 0 Å². The van der Waals surface area contributed by atoms with Gasteiger partial charge in [-0.15, -0.1) is 0 Å². The van der Waals surface area contributed by atoms with Crippen molar-refractivity contribution in [3.8, 4) is 0 Å². The number of aromatic nitrogens is 2. The van der Waals surface area contributed by atoms with Gasteiger partial charge in [0.15, 0.2) is 0 Å². The van der Waals surface area contributed by atoms with E-state index in [1.165, 1.54) is 0 Å². The Kier molecular flexibility index (Phi) is 2.38. The standard InChI is InChI=1S/C4H3N2.ClH.Ru/c1-2-6-4-3-5-1;;/h1-3H;1H;/q;;+1/p-1. The van der Waals surface area contributed by atoms with Crippen molar-refractivity contribution in [3.05, 3.63) is 18.6 Å². The Labute approximate surface area is 58.9 Å². The van der Waals surface area contributed by atoms with Crippen LogP contribution < -0.4 is 4.29 Å². The van der Waals surface area contributed by atoms with Gasteiger partial charge in [-0.3, -0.25) is 0 Å². The third-order valence-corrected chi connectivity index (χ3v) is 2.19. The fraction of sp³-hybridized carbons (Fsp3) is 0. The molecule has 8 heavy (non-hydrogen) atoms. The molecular weight excluding hydrogens is 213 g/mol. The van der Waals surface area contributed by atoms with Gasteiger partial charge >= 0.3 is 58.7 Å². The van der Waals surface area contributed by atoms with Crippen LogP contribution in [0.1, 0.15) is 0 Å². The first-order chi connectivity index (χ1) is 3.93. The first-order valence-electron chi connectivity index (χ1n) is 1.93. The average Bonchev–Trinajstić information content (AvgIpc) is 1.90. The zero-order chi connectivity index (χ0) is 5.82. The molecule has 0 unspecified atom stereocenters. The zero-order valence-corrected chi connectivity index (χ0v) is 6.35. The molecule has 4 heteroatoms. The Morgan fingerprint density at radius 2 is 2.38 bits per heavy atom. The first-order valence-corrected chi connectivity index (χ1v) is 5.04. The summed E-state index contributed by atoms with van der Waals surface area (Å²) < 4.78 is 0.904. The van der Waals surface area contributed by atoms with Crippen molar-refractivity contribution >= 4 is 14.0 Å². The minimum absolute atomic E-state index is 0.241. The van der Waals surface area contributed by atoms with Crippen LogP contribution in [0, 0.1) is 0 Å². The van der Waals surface area contributed by atoms with Crippen molar-refractivity contribution in [1.82, 2.24) is 9.97 Å². The molecule has 0 fully saturated rings. The van der Waals surface area contributed by atoms with Gasteiger partial charge in [0.25, 0.3) is 0 Å². The van der Waals surface area contributed by atoms with Gasteiger partial charge in [0.2, 0.25) is 0 Å². The van der Waals surface area contributed by atoms with E-state index in [0.717, 1.165) is 4.29 Å². The summed E-state index contributed by atoms with van der Waals surface area (Å²) >= 11 is -0.241. The molecule has 0 N–H and O–H groups in total. The van der Waals surface area contributed by atoms with Crippen molar-refractivity contribution in [2.45, 2.75) is 0 Å².